The van der Waals surface area contributed by atoms with Crippen LogP contribution in [0, 0.1) is 17.8 Å². The Kier molecular flexibility index (Phi) is 10.1. The van der Waals surface area contributed by atoms with Gasteiger partial charge in [0.05, 0.1) is 19.8 Å². The van der Waals surface area contributed by atoms with Crippen LogP contribution in [0.4, 0.5) is 0 Å². The fourth-order valence-corrected chi connectivity index (χ4v) is 2.27. The standard InChI is InChI=1S/C21H29NO4/c1-16(9-14-20(22)23)17(2)26-15-19-12-10-18(11-13-19)7-5-4-6-8-21(24)25-3/h10-13,16-17H,4,6,8-9,14-15H2,1-3H3,(H2,22,23)/t16-,17+/m0/s1. The first-order valence-corrected chi connectivity index (χ1v) is 8.97. The maximum atomic E-state index is 11.0. The minimum Gasteiger partial charge on any atom is -0.469 e. The summed E-state index contributed by atoms with van der Waals surface area (Å²) in [6, 6.07) is 7.93. The van der Waals surface area contributed by atoms with Crippen LogP contribution < -0.4 is 5.73 Å². The van der Waals surface area contributed by atoms with Crippen LogP contribution in [-0.4, -0.2) is 25.1 Å². The monoisotopic (exact) mass is 359 g/mol. The van der Waals surface area contributed by atoms with E-state index in [4.69, 9.17) is 10.5 Å². The number of nitrogens with two attached hydrogens (primary N) is 1. The van der Waals surface area contributed by atoms with Crippen LogP contribution in [0.1, 0.15) is 57.1 Å². The summed E-state index contributed by atoms with van der Waals surface area (Å²) in [5.41, 5.74) is 7.20. The van der Waals surface area contributed by atoms with E-state index in [2.05, 4.69) is 23.5 Å². The summed E-state index contributed by atoms with van der Waals surface area (Å²) in [5.74, 6) is 5.95. The van der Waals surface area contributed by atoms with Crippen molar-refractivity contribution in [1.82, 2.24) is 0 Å². The zero-order valence-corrected chi connectivity index (χ0v) is 15.9. The summed E-state index contributed by atoms with van der Waals surface area (Å²) in [7, 11) is 1.39. The number of amides is 1. The van der Waals surface area contributed by atoms with Crippen molar-refractivity contribution < 1.29 is 19.1 Å². The van der Waals surface area contributed by atoms with Gasteiger partial charge in [0.2, 0.25) is 5.91 Å². The zero-order valence-electron chi connectivity index (χ0n) is 15.9. The van der Waals surface area contributed by atoms with Crippen molar-refractivity contribution in [2.24, 2.45) is 11.7 Å². The number of hydrogen-bond acceptors (Lipinski definition) is 4. The molecule has 0 aliphatic rings. The summed E-state index contributed by atoms with van der Waals surface area (Å²) >= 11 is 0. The lowest BCUT2D eigenvalue weighted by Gasteiger charge is -2.20. The SMILES string of the molecule is COC(=O)CCCC#Cc1ccc(CO[C@H](C)[C@@H](C)CCC(N)=O)cc1. The molecule has 2 atom stereocenters. The van der Waals surface area contributed by atoms with E-state index < -0.39 is 0 Å². The molecule has 0 fully saturated rings. The third-order valence-corrected chi connectivity index (χ3v) is 4.26. The predicted octanol–water partition coefficient (Wildman–Crippen LogP) is 3.19. The molecule has 0 spiro atoms. The van der Waals surface area contributed by atoms with Crippen LogP contribution in [0.5, 0.6) is 0 Å². The Morgan fingerprint density at radius 3 is 2.46 bits per heavy atom. The van der Waals surface area contributed by atoms with E-state index in [-0.39, 0.29) is 23.9 Å². The molecule has 0 bridgehead atoms. The lowest BCUT2D eigenvalue weighted by molar-refractivity contribution is -0.140. The molecule has 5 heteroatoms. The Hall–Kier alpha value is -2.32. The van der Waals surface area contributed by atoms with Crippen molar-refractivity contribution in [2.75, 3.05) is 7.11 Å². The Balaban J connectivity index is 2.36. The molecule has 0 saturated carbocycles. The van der Waals surface area contributed by atoms with Gasteiger partial charge in [-0.3, -0.25) is 9.59 Å². The molecule has 0 radical (unpaired) electrons. The third-order valence-electron chi connectivity index (χ3n) is 4.26. The fraction of sp³-hybridized carbons (Fsp3) is 0.524. The van der Waals surface area contributed by atoms with Crippen LogP contribution >= 0.6 is 0 Å². The van der Waals surface area contributed by atoms with Gasteiger partial charge in [-0.05, 0) is 43.4 Å². The lowest BCUT2D eigenvalue weighted by Crippen LogP contribution is -2.20. The molecule has 26 heavy (non-hydrogen) atoms. The van der Waals surface area contributed by atoms with E-state index >= 15 is 0 Å². The maximum Gasteiger partial charge on any atom is 0.305 e. The first-order chi connectivity index (χ1) is 12.4. The number of primary amides is 1. The average Bonchev–Trinajstić information content (AvgIpc) is 2.64. The molecule has 0 aliphatic heterocycles. The quantitative estimate of drug-likeness (QED) is 0.395. The second-order valence-corrected chi connectivity index (χ2v) is 6.43. The molecule has 1 rings (SSSR count). The van der Waals surface area contributed by atoms with Gasteiger partial charge in [-0.15, -0.1) is 0 Å². The molecule has 1 aromatic carbocycles. The van der Waals surface area contributed by atoms with Crippen molar-refractivity contribution in [3.8, 4) is 11.8 Å². The van der Waals surface area contributed by atoms with Crippen molar-refractivity contribution in [3.05, 3.63) is 35.4 Å². The second-order valence-electron chi connectivity index (χ2n) is 6.43. The van der Waals surface area contributed by atoms with Crippen LogP contribution in [0.25, 0.3) is 0 Å². The molecule has 0 unspecified atom stereocenters. The number of ether oxygens (including phenoxy) is 2. The number of hydrogen-bond donors (Lipinski definition) is 1. The van der Waals surface area contributed by atoms with E-state index in [0.29, 0.717) is 32.3 Å². The Labute approximate surface area is 156 Å². The van der Waals surface area contributed by atoms with Crippen molar-refractivity contribution >= 4 is 11.9 Å². The van der Waals surface area contributed by atoms with Crippen LogP contribution in [-0.2, 0) is 25.7 Å². The van der Waals surface area contributed by atoms with E-state index in [1.54, 1.807) is 0 Å². The van der Waals surface area contributed by atoms with E-state index in [9.17, 15) is 9.59 Å². The highest BCUT2D eigenvalue weighted by Gasteiger charge is 2.13. The Morgan fingerprint density at radius 2 is 1.85 bits per heavy atom. The summed E-state index contributed by atoms with van der Waals surface area (Å²) in [4.78, 5) is 21.8. The van der Waals surface area contributed by atoms with Gasteiger partial charge >= 0.3 is 5.97 Å². The summed E-state index contributed by atoms with van der Waals surface area (Å²) < 4.78 is 10.5. The predicted molar refractivity (Wildman–Crippen MR) is 101 cm³/mol. The minimum atomic E-state index is -0.272. The highest BCUT2D eigenvalue weighted by atomic mass is 16.5. The van der Waals surface area contributed by atoms with Gasteiger partial charge in [-0.2, -0.15) is 0 Å². The minimum absolute atomic E-state index is 0.0589. The Bertz CT molecular complexity index is 628. The highest BCUT2D eigenvalue weighted by Crippen LogP contribution is 2.15. The number of esters is 1. The molecule has 1 aromatic rings. The second kappa shape index (κ2) is 12.1. The van der Waals surface area contributed by atoms with Crippen LogP contribution in [0.3, 0.4) is 0 Å². The van der Waals surface area contributed by atoms with Gasteiger partial charge in [-0.1, -0.05) is 30.9 Å². The van der Waals surface area contributed by atoms with Crippen LogP contribution in [0.2, 0.25) is 0 Å². The van der Waals surface area contributed by atoms with Crippen molar-refractivity contribution in [1.29, 1.82) is 0 Å². The van der Waals surface area contributed by atoms with Crippen LogP contribution in [0.15, 0.2) is 24.3 Å². The molecule has 0 heterocycles. The molecule has 1 amide bonds. The smallest absolute Gasteiger partial charge is 0.305 e. The number of carbonyl (C=O) groups excluding carboxylic acids is 2. The number of methoxy groups -OCH3 is 1. The third kappa shape index (κ3) is 9.24. The number of rotatable bonds is 10. The van der Waals surface area contributed by atoms with Gasteiger partial charge in [0, 0.05) is 24.8 Å². The molecule has 142 valence electrons. The van der Waals surface area contributed by atoms with Crippen molar-refractivity contribution in [2.45, 2.75) is 58.7 Å². The van der Waals surface area contributed by atoms with Gasteiger partial charge in [-0.25, -0.2) is 0 Å². The normalized spacial score (nSPS) is 12.6. The maximum absolute atomic E-state index is 11.0. The molecule has 5 nitrogen and oxygen atoms in total. The zero-order chi connectivity index (χ0) is 19.4. The van der Waals surface area contributed by atoms with Gasteiger partial charge in [0.1, 0.15) is 0 Å². The van der Waals surface area contributed by atoms with Gasteiger partial charge in [0.15, 0.2) is 0 Å². The summed E-state index contributed by atoms with van der Waals surface area (Å²) in [5, 5.41) is 0. The van der Waals surface area contributed by atoms with Gasteiger partial charge < -0.3 is 15.2 Å². The first kappa shape index (κ1) is 21.7. The summed E-state index contributed by atoms with van der Waals surface area (Å²) in [6.45, 7) is 4.60. The van der Waals surface area contributed by atoms with Gasteiger partial charge in [0.25, 0.3) is 0 Å². The summed E-state index contributed by atoms with van der Waals surface area (Å²) in [6.07, 6.45) is 2.96. The molecule has 0 aromatic heterocycles. The molecule has 0 aliphatic carbocycles. The Morgan fingerprint density at radius 1 is 1.15 bits per heavy atom. The molecular weight excluding hydrogens is 330 g/mol. The molecular formula is C21H29NO4. The average molecular weight is 359 g/mol. The topological polar surface area (TPSA) is 78.6 Å². The number of unbranched alkanes of at least 4 members (excludes halogenated alkanes) is 1. The van der Waals surface area contributed by atoms with E-state index in [1.807, 2.05) is 31.2 Å². The number of benzene rings is 1. The first-order valence-electron chi connectivity index (χ1n) is 8.97. The molecule has 0 saturated heterocycles. The van der Waals surface area contributed by atoms with Crippen molar-refractivity contribution in [3.63, 3.8) is 0 Å². The number of carbonyl (C=O) groups is 2. The lowest BCUT2D eigenvalue weighted by atomic mass is 10.00. The largest absolute Gasteiger partial charge is 0.469 e. The fourth-order valence-electron chi connectivity index (χ4n) is 2.27. The van der Waals surface area contributed by atoms with E-state index in [1.165, 1.54) is 7.11 Å². The molecule has 2 N–H and O–H groups in total. The van der Waals surface area contributed by atoms with E-state index in [0.717, 1.165) is 17.5 Å². The highest BCUT2D eigenvalue weighted by molar-refractivity contribution is 5.73.